The van der Waals surface area contributed by atoms with Gasteiger partial charge < -0.3 is 10.4 Å². The molecular weight excluding hydrogens is 280 g/mol. The van der Waals surface area contributed by atoms with Gasteiger partial charge in [0, 0.05) is 12.5 Å². The summed E-state index contributed by atoms with van der Waals surface area (Å²) in [7, 11) is 0. The minimum Gasteiger partial charge on any atom is -0.481 e. The predicted octanol–water partition coefficient (Wildman–Crippen LogP) is 2.27. The van der Waals surface area contributed by atoms with Crippen molar-refractivity contribution in [3.8, 4) is 0 Å². The lowest BCUT2D eigenvalue weighted by Gasteiger charge is -2.12. The molecule has 1 amide bonds. The highest BCUT2D eigenvalue weighted by atomic mass is 19.1. The Morgan fingerprint density at radius 1 is 1.29 bits per heavy atom. The van der Waals surface area contributed by atoms with Crippen LogP contribution >= 0.6 is 0 Å². The molecule has 1 aromatic rings. The van der Waals surface area contributed by atoms with E-state index >= 15 is 0 Å². The first-order valence-corrected chi connectivity index (χ1v) is 6.92. The van der Waals surface area contributed by atoms with E-state index in [0.29, 0.717) is 19.3 Å². The molecule has 6 heteroatoms. The van der Waals surface area contributed by atoms with Crippen molar-refractivity contribution in [3.63, 3.8) is 0 Å². The fourth-order valence-corrected chi connectivity index (χ4v) is 2.62. The Labute approximate surface area is 121 Å². The first-order valence-electron chi connectivity index (χ1n) is 6.92. The molecule has 0 unspecified atom stereocenters. The third kappa shape index (κ3) is 4.24. The van der Waals surface area contributed by atoms with Crippen LogP contribution in [0.25, 0.3) is 0 Å². The van der Waals surface area contributed by atoms with Gasteiger partial charge in [0.1, 0.15) is 11.6 Å². The summed E-state index contributed by atoms with van der Waals surface area (Å²) in [5.41, 5.74) is 0.167. The molecule has 0 saturated heterocycles. The molecular formula is C15H17F2NO3. The van der Waals surface area contributed by atoms with Crippen LogP contribution in [0.4, 0.5) is 8.78 Å². The van der Waals surface area contributed by atoms with Crippen molar-refractivity contribution in [2.24, 2.45) is 5.92 Å². The van der Waals surface area contributed by atoms with Crippen molar-refractivity contribution in [2.75, 3.05) is 0 Å². The zero-order chi connectivity index (χ0) is 15.4. The third-order valence-corrected chi connectivity index (χ3v) is 3.78. The van der Waals surface area contributed by atoms with E-state index in [1.54, 1.807) is 0 Å². The summed E-state index contributed by atoms with van der Waals surface area (Å²) in [4.78, 5) is 22.6. The van der Waals surface area contributed by atoms with Crippen molar-refractivity contribution in [1.29, 1.82) is 0 Å². The Kier molecular flexibility index (Phi) is 4.88. The van der Waals surface area contributed by atoms with Gasteiger partial charge in [-0.2, -0.15) is 0 Å². The van der Waals surface area contributed by atoms with Crippen molar-refractivity contribution in [3.05, 3.63) is 35.4 Å². The highest BCUT2D eigenvalue weighted by molar-refractivity contribution is 5.77. The number of aliphatic carboxylic acids is 1. The number of hydrogen-bond donors (Lipinski definition) is 2. The molecule has 1 saturated carbocycles. The number of amides is 1. The number of carbonyl (C=O) groups excluding carboxylic acids is 1. The molecule has 1 aromatic carbocycles. The Morgan fingerprint density at radius 3 is 2.71 bits per heavy atom. The summed E-state index contributed by atoms with van der Waals surface area (Å²) in [6.07, 6.45) is 1.78. The van der Waals surface area contributed by atoms with Gasteiger partial charge in [0.15, 0.2) is 0 Å². The Morgan fingerprint density at radius 2 is 2.05 bits per heavy atom. The van der Waals surface area contributed by atoms with E-state index in [0.717, 1.165) is 18.2 Å². The molecule has 0 aromatic heterocycles. The fraction of sp³-hybridized carbons (Fsp3) is 0.467. The number of carboxylic acid groups (broad SMARTS) is 1. The Balaban J connectivity index is 1.80. The van der Waals surface area contributed by atoms with E-state index in [2.05, 4.69) is 5.32 Å². The van der Waals surface area contributed by atoms with Crippen LogP contribution in [0.15, 0.2) is 18.2 Å². The van der Waals surface area contributed by atoms with Gasteiger partial charge in [-0.25, -0.2) is 8.78 Å². The maximum absolute atomic E-state index is 13.4. The minimum absolute atomic E-state index is 0.0502. The molecule has 0 heterocycles. The molecule has 1 aliphatic carbocycles. The molecule has 21 heavy (non-hydrogen) atoms. The highest BCUT2D eigenvalue weighted by Gasteiger charge is 2.30. The average Bonchev–Trinajstić information content (AvgIpc) is 2.88. The van der Waals surface area contributed by atoms with Crippen LogP contribution in [-0.4, -0.2) is 23.0 Å². The van der Waals surface area contributed by atoms with Gasteiger partial charge >= 0.3 is 5.97 Å². The first-order chi connectivity index (χ1) is 9.95. The second-order valence-corrected chi connectivity index (χ2v) is 5.35. The lowest BCUT2D eigenvalue weighted by atomic mass is 10.1. The van der Waals surface area contributed by atoms with E-state index in [1.165, 1.54) is 0 Å². The molecule has 2 atom stereocenters. The molecule has 114 valence electrons. The molecule has 0 spiro atoms. The van der Waals surface area contributed by atoms with Gasteiger partial charge in [0.2, 0.25) is 5.91 Å². The second-order valence-electron chi connectivity index (χ2n) is 5.35. The van der Waals surface area contributed by atoms with Crippen molar-refractivity contribution < 1.29 is 23.5 Å². The van der Waals surface area contributed by atoms with Crippen LogP contribution in [0, 0.1) is 17.6 Å². The van der Waals surface area contributed by atoms with Crippen LogP contribution in [0.1, 0.15) is 31.2 Å². The van der Waals surface area contributed by atoms with E-state index in [9.17, 15) is 18.4 Å². The smallest absolute Gasteiger partial charge is 0.306 e. The second kappa shape index (κ2) is 6.65. The minimum atomic E-state index is -0.839. The molecule has 0 bridgehead atoms. The number of carboxylic acids is 1. The SMILES string of the molecule is O=C(CCc1cc(F)ccc1F)N[C@@H]1CC[C@@H](C(=O)O)C1. The van der Waals surface area contributed by atoms with Crippen LogP contribution in [0.2, 0.25) is 0 Å². The molecule has 2 N–H and O–H groups in total. The number of hydrogen-bond acceptors (Lipinski definition) is 2. The van der Waals surface area contributed by atoms with Gasteiger partial charge in [-0.1, -0.05) is 0 Å². The fourth-order valence-electron chi connectivity index (χ4n) is 2.62. The van der Waals surface area contributed by atoms with Crippen LogP contribution in [0.3, 0.4) is 0 Å². The monoisotopic (exact) mass is 297 g/mol. The van der Waals surface area contributed by atoms with Crippen molar-refractivity contribution >= 4 is 11.9 Å². The summed E-state index contributed by atoms with van der Waals surface area (Å²) in [6.45, 7) is 0. The van der Waals surface area contributed by atoms with Gasteiger partial charge in [-0.3, -0.25) is 9.59 Å². The summed E-state index contributed by atoms with van der Waals surface area (Å²) in [6, 6.07) is 3.01. The summed E-state index contributed by atoms with van der Waals surface area (Å²) in [5, 5.41) is 11.6. The summed E-state index contributed by atoms with van der Waals surface area (Å²) < 4.78 is 26.4. The first kappa shape index (κ1) is 15.4. The Bertz CT molecular complexity index is 548. The zero-order valence-corrected chi connectivity index (χ0v) is 11.4. The van der Waals surface area contributed by atoms with Gasteiger partial charge in [-0.05, 0) is 49.4 Å². The lowest BCUT2D eigenvalue weighted by Crippen LogP contribution is -2.33. The zero-order valence-electron chi connectivity index (χ0n) is 11.4. The van der Waals surface area contributed by atoms with E-state index in [1.807, 2.05) is 0 Å². The van der Waals surface area contributed by atoms with Crippen LogP contribution < -0.4 is 5.32 Å². The summed E-state index contributed by atoms with van der Waals surface area (Å²) >= 11 is 0. The largest absolute Gasteiger partial charge is 0.481 e. The molecule has 2 rings (SSSR count). The number of rotatable bonds is 5. The van der Waals surface area contributed by atoms with E-state index in [4.69, 9.17) is 5.11 Å². The number of halogens is 2. The Hall–Kier alpha value is -1.98. The van der Waals surface area contributed by atoms with E-state index in [-0.39, 0.29) is 30.4 Å². The van der Waals surface area contributed by atoms with Crippen LogP contribution in [-0.2, 0) is 16.0 Å². The topological polar surface area (TPSA) is 66.4 Å². The normalized spacial score (nSPS) is 21.2. The lowest BCUT2D eigenvalue weighted by molar-refractivity contribution is -0.141. The maximum atomic E-state index is 13.4. The van der Waals surface area contributed by atoms with Gasteiger partial charge in [0.05, 0.1) is 5.92 Å². The van der Waals surface area contributed by atoms with Crippen molar-refractivity contribution in [1.82, 2.24) is 5.32 Å². The number of carbonyl (C=O) groups is 2. The van der Waals surface area contributed by atoms with Crippen molar-refractivity contribution in [2.45, 2.75) is 38.1 Å². The molecule has 1 fully saturated rings. The quantitative estimate of drug-likeness (QED) is 0.876. The number of benzene rings is 1. The molecule has 1 aliphatic rings. The maximum Gasteiger partial charge on any atom is 0.306 e. The van der Waals surface area contributed by atoms with Crippen LogP contribution in [0.5, 0.6) is 0 Å². The molecule has 0 aliphatic heterocycles. The van der Waals surface area contributed by atoms with E-state index < -0.39 is 23.5 Å². The molecule has 0 radical (unpaired) electrons. The number of nitrogens with one attached hydrogen (secondary N) is 1. The highest BCUT2D eigenvalue weighted by Crippen LogP contribution is 2.25. The predicted molar refractivity (Wildman–Crippen MR) is 71.6 cm³/mol. The van der Waals surface area contributed by atoms with Gasteiger partial charge in [-0.15, -0.1) is 0 Å². The third-order valence-electron chi connectivity index (χ3n) is 3.78. The van der Waals surface area contributed by atoms with Gasteiger partial charge in [0.25, 0.3) is 0 Å². The standard InChI is InChI=1S/C15H17F2NO3/c16-11-3-5-13(17)9(7-11)2-6-14(19)18-12-4-1-10(8-12)15(20)21/h3,5,7,10,12H,1-2,4,6,8H2,(H,18,19)(H,20,21)/t10-,12-/m1/s1. The average molecular weight is 297 g/mol. The number of aryl methyl sites for hydroxylation is 1. The summed E-state index contributed by atoms with van der Waals surface area (Å²) in [5.74, 6) is -2.58. The molecule has 4 nitrogen and oxygen atoms in total.